The van der Waals surface area contributed by atoms with Crippen molar-refractivity contribution in [3.63, 3.8) is 0 Å². The quantitative estimate of drug-likeness (QED) is 0.642. The van der Waals surface area contributed by atoms with Gasteiger partial charge in [0.2, 0.25) is 11.5 Å². The first-order chi connectivity index (χ1) is 9.01. The highest BCUT2D eigenvalue weighted by Gasteiger charge is 2.17. The van der Waals surface area contributed by atoms with E-state index < -0.39 is 5.97 Å². The molecule has 0 bridgehead atoms. The smallest absolute Gasteiger partial charge is 0.373 e. The van der Waals surface area contributed by atoms with E-state index in [4.69, 9.17) is 4.42 Å². The van der Waals surface area contributed by atoms with Crippen LogP contribution in [-0.4, -0.2) is 18.9 Å². The number of ether oxygens (including phenoxy) is 1. The van der Waals surface area contributed by atoms with E-state index in [1.54, 1.807) is 12.1 Å². The van der Waals surface area contributed by atoms with Gasteiger partial charge in [-0.25, -0.2) is 4.79 Å². The molecule has 0 atom stereocenters. The zero-order chi connectivity index (χ0) is 14.0. The Balaban J connectivity index is 2.33. The fourth-order valence-corrected chi connectivity index (χ4v) is 2.29. The zero-order valence-electron chi connectivity index (χ0n) is 10.4. The first kappa shape index (κ1) is 13.5. The monoisotopic (exact) mass is 322 g/mol. The predicted octanol–water partition coefficient (Wildman–Crippen LogP) is 3.37. The molecule has 0 saturated carbocycles. The van der Waals surface area contributed by atoms with Crippen LogP contribution < -0.4 is 0 Å². The average molecular weight is 323 g/mol. The summed E-state index contributed by atoms with van der Waals surface area (Å²) < 4.78 is 10.5. The molecule has 0 N–H and O–H groups in total. The average Bonchev–Trinajstić information content (AvgIpc) is 2.85. The Morgan fingerprint density at radius 1 is 1.16 bits per heavy atom. The Labute approximate surface area is 118 Å². The number of esters is 1. The van der Waals surface area contributed by atoms with E-state index in [1.807, 2.05) is 13.0 Å². The van der Waals surface area contributed by atoms with Gasteiger partial charge in [0.25, 0.3) is 0 Å². The standard InChI is InChI=1S/C14H11BrO4/c1-8-5-9(7-10(15)6-8)13(16)11-3-4-12(19-11)14(17)18-2/h3-7H,1-2H3. The van der Waals surface area contributed by atoms with Gasteiger partial charge in [0.15, 0.2) is 5.76 Å². The summed E-state index contributed by atoms with van der Waals surface area (Å²) >= 11 is 3.34. The fraction of sp³-hybridized carbons (Fsp3) is 0.143. The molecular formula is C14H11BrO4. The molecule has 1 aromatic carbocycles. The minimum atomic E-state index is -0.607. The molecule has 5 heteroatoms. The molecule has 0 fully saturated rings. The first-order valence-corrected chi connectivity index (χ1v) is 6.30. The summed E-state index contributed by atoms with van der Waals surface area (Å²) in [5.41, 5.74) is 1.45. The number of methoxy groups -OCH3 is 1. The lowest BCUT2D eigenvalue weighted by Crippen LogP contribution is -2.01. The molecule has 0 radical (unpaired) electrons. The third kappa shape index (κ3) is 2.93. The molecule has 0 spiro atoms. The molecule has 0 amide bonds. The van der Waals surface area contributed by atoms with Gasteiger partial charge in [-0.15, -0.1) is 0 Å². The maximum absolute atomic E-state index is 12.2. The Morgan fingerprint density at radius 2 is 1.84 bits per heavy atom. The van der Waals surface area contributed by atoms with Gasteiger partial charge in [-0.1, -0.05) is 15.9 Å². The molecule has 0 aliphatic carbocycles. The summed E-state index contributed by atoms with van der Waals surface area (Å²) in [6.45, 7) is 1.89. The minimum Gasteiger partial charge on any atom is -0.463 e. The number of rotatable bonds is 3. The molecule has 19 heavy (non-hydrogen) atoms. The molecule has 0 aliphatic rings. The lowest BCUT2D eigenvalue weighted by Gasteiger charge is -2.01. The topological polar surface area (TPSA) is 56.5 Å². The summed E-state index contributed by atoms with van der Waals surface area (Å²) in [6, 6.07) is 8.25. The largest absolute Gasteiger partial charge is 0.463 e. The lowest BCUT2D eigenvalue weighted by atomic mass is 10.1. The number of hydrogen-bond donors (Lipinski definition) is 0. The molecule has 1 aromatic heterocycles. The number of aryl methyl sites for hydroxylation is 1. The highest BCUT2D eigenvalue weighted by molar-refractivity contribution is 9.10. The van der Waals surface area contributed by atoms with Crippen molar-refractivity contribution in [3.8, 4) is 0 Å². The third-order valence-electron chi connectivity index (χ3n) is 2.52. The van der Waals surface area contributed by atoms with Crippen LogP contribution in [0.3, 0.4) is 0 Å². The van der Waals surface area contributed by atoms with E-state index in [-0.39, 0.29) is 17.3 Å². The molecule has 0 aliphatic heterocycles. The van der Waals surface area contributed by atoms with Crippen molar-refractivity contribution in [1.82, 2.24) is 0 Å². The van der Waals surface area contributed by atoms with Crippen molar-refractivity contribution >= 4 is 27.7 Å². The van der Waals surface area contributed by atoms with Crippen molar-refractivity contribution in [2.45, 2.75) is 6.92 Å². The second-order valence-corrected chi connectivity index (χ2v) is 4.92. The lowest BCUT2D eigenvalue weighted by molar-refractivity contribution is 0.0563. The SMILES string of the molecule is COC(=O)c1ccc(C(=O)c2cc(C)cc(Br)c2)o1. The number of carbonyl (C=O) groups is 2. The third-order valence-corrected chi connectivity index (χ3v) is 2.98. The van der Waals surface area contributed by atoms with E-state index >= 15 is 0 Å². The van der Waals surface area contributed by atoms with Gasteiger partial charge < -0.3 is 9.15 Å². The van der Waals surface area contributed by atoms with Crippen LogP contribution >= 0.6 is 15.9 Å². The number of carbonyl (C=O) groups excluding carboxylic acids is 2. The second-order valence-electron chi connectivity index (χ2n) is 4.00. The van der Waals surface area contributed by atoms with Crippen molar-refractivity contribution in [1.29, 1.82) is 0 Å². The normalized spacial score (nSPS) is 10.3. The van der Waals surface area contributed by atoms with E-state index in [0.29, 0.717) is 5.56 Å². The van der Waals surface area contributed by atoms with Crippen molar-refractivity contribution < 1.29 is 18.7 Å². The minimum absolute atomic E-state index is 0.0116. The molecule has 0 unspecified atom stereocenters. The summed E-state index contributed by atoms with van der Waals surface area (Å²) in [7, 11) is 1.25. The molecule has 0 saturated heterocycles. The Hall–Kier alpha value is -1.88. The number of furan rings is 1. The van der Waals surface area contributed by atoms with Crippen LogP contribution in [0, 0.1) is 6.92 Å². The van der Waals surface area contributed by atoms with Gasteiger partial charge in [0.05, 0.1) is 7.11 Å². The van der Waals surface area contributed by atoms with Crippen LogP contribution in [0.1, 0.15) is 32.2 Å². The van der Waals surface area contributed by atoms with Gasteiger partial charge in [0, 0.05) is 10.0 Å². The Bertz CT molecular complexity index is 622. The number of ketones is 1. The van der Waals surface area contributed by atoms with Crippen LogP contribution in [0.25, 0.3) is 0 Å². The summed E-state index contributed by atoms with van der Waals surface area (Å²) in [4.78, 5) is 23.5. The Morgan fingerprint density at radius 3 is 2.47 bits per heavy atom. The van der Waals surface area contributed by atoms with Crippen LogP contribution in [-0.2, 0) is 4.74 Å². The van der Waals surface area contributed by atoms with E-state index in [9.17, 15) is 9.59 Å². The highest BCUT2D eigenvalue weighted by Crippen LogP contribution is 2.19. The van der Waals surface area contributed by atoms with Crippen molar-refractivity contribution in [3.05, 3.63) is 57.5 Å². The maximum atomic E-state index is 12.2. The van der Waals surface area contributed by atoms with Gasteiger partial charge >= 0.3 is 5.97 Å². The highest BCUT2D eigenvalue weighted by atomic mass is 79.9. The van der Waals surface area contributed by atoms with Crippen LogP contribution in [0.15, 0.2) is 39.2 Å². The molecule has 2 rings (SSSR count). The molecule has 98 valence electrons. The molecule has 1 heterocycles. The van der Waals surface area contributed by atoms with Crippen molar-refractivity contribution in [2.75, 3.05) is 7.11 Å². The van der Waals surface area contributed by atoms with Gasteiger partial charge in [-0.05, 0) is 42.8 Å². The Kier molecular flexibility index (Phi) is 3.85. The number of benzene rings is 1. The van der Waals surface area contributed by atoms with Crippen LogP contribution in [0.5, 0.6) is 0 Å². The van der Waals surface area contributed by atoms with E-state index in [2.05, 4.69) is 20.7 Å². The number of halogens is 1. The second kappa shape index (κ2) is 5.40. The number of hydrogen-bond acceptors (Lipinski definition) is 4. The zero-order valence-corrected chi connectivity index (χ0v) is 12.0. The van der Waals surface area contributed by atoms with Crippen LogP contribution in [0.2, 0.25) is 0 Å². The van der Waals surface area contributed by atoms with Crippen LogP contribution in [0.4, 0.5) is 0 Å². The summed E-state index contributed by atoms with van der Waals surface area (Å²) in [6.07, 6.45) is 0. The molecule has 4 nitrogen and oxygen atoms in total. The maximum Gasteiger partial charge on any atom is 0.373 e. The van der Waals surface area contributed by atoms with Gasteiger partial charge in [-0.3, -0.25) is 4.79 Å². The van der Waals surface area contributed by atoms with E-state index in [0.717, 1.165) is 10.0 Å². The summed E-state index contributed by atoms with van der Waals surface area (Å²) in [5.74, 6) is -0.764. The molecular weight excluding hydrogens is 312 g/mol. The van der Waals surface area contributed by atoms with Gasteiger partial charge in [-0.2, -0.15) is 0 Å². The van der Waals surface area contributed by atoms with Gasteiger partial charge in [0.1, 0.15) is 0 Å². The fourth-order valence-electron chi connectivity index (χ4n) is 1.68. The predicted molar refractivity (Wildman–Crippen MR) is 72.4 cm³/mol. The molecule has 2 aromatic rings. The summed E-state index contributed by atoms with van der Waals surface area (Å²) in [5, 5.41) is 0. The first-order valence-electron chi connectivity index (χ1n) is 5.51. The van der Waals surface area contributed by atoms with Crippen molar-refractivity contribution in [2.24, 2.45) is 0 Å². The van der Waals surface area contributed by atoms with E-state index in [1.165, 1.54) is 19.2 Å².